The first-order valence-electron chi connectivity index (χ1n) is 7.64. The van der Waals surface area contributed by atoms with Crippen molar-refractivity contribution < 1.29 is 4.79 Å². The van der Waals surface area contributed by atoms with Crippen LogP contribution in [0.4, 0.5) is 5.13 Å². The Kier molecular flexibility index (Phi) is 4.86. The minimum absolute atomic E-state index is 0.0910. The molecular formula is C16H19N5OS2. The highest BCUT2D eigenvalue weighted by molar-refractivity contribution is 7.99. The summed E-state index contributed by atoms with van der Waals surface area (Å²) in [5.41, 5.74) is 3.28. The Balaban J connectivity index is 1.67. The molecule has 3 aromatic rings. The number of amides is 1. The number of aryl methyl sites for hydroxylation is 2. The molecule has 1 amide bonds. The molecule has 0 unspecified atom stereocenters. The quantitative estimate of drug-likeness (QED) is 0.700. The Morgan fingerprint density at radius 1 is 1.38 bits per heavy atom. The molecule has 126 valence electrons. The second-order valence-corrected chi connectivity index (χ2v) is 7.87. The molecule has 0 spiro atoms. The van der Waals surface area contributed by atoms with Crippen LogP contribution in [0.15, 0.2) is 23.6 Å². The maximum absolute atomic E-state index is 12.2. The van der Waals surface area contributed by atoms with E-state index in [9.17, 15) is 4.79 Å². The van der Waals surface area contributed by atoms with E-state index in [1.165, 1.54) is 28.7 Å². The zero-order chi connectivity index (χ0) is 17.3. The van der Waals surface area contributed by atoms with E-state index in [1.807, 2.05) is 11.5 Å². The van der Waals surface area contributed by atoms with Crippen LogP contribution in [0, 0.1) is 13.8 Å². The molecule has 0 aliphatic heterocycles. The molecule has 0 saturated heterocycles. The molecule has 0 aliphatic rings. The van der Waals surface area contributed by atoms with Crippen LogP contribution in [-0.2, 0) is 4.79 Å². The number of aromatic nitrogens is 4. The molecule has 2 aromatic heterocycles. The molecule has 1 aromatic carbocycles. The van der Waals surface area contributed by atoms with Crippen LogP contribution in [0.25, 0.3) is 10.2 Å². The first-order valence-corrected chi connectivity index (χ1v) is 9.44. The number of carbonyl (C=O) groups is 1. The number of nitrogens with zero attached hydrogens (tertiary/aromatic N) is 4. The molecule has 8 heteroatoms. The highest BCUT2D eigenvalue weighted by atomic mass is 32.2. The number of thiazole rings is 1. The number of rotatable bonds is 5. The first kappa shape index (κ1) is 16.9. The zero-order valence-corrected chi connectivity index (χ0v) is 15.7. The van der Waals surface area contributed by atoms with Gasteiger partial charge in [-0.05, 0) is 44.9 Å². The molecule has 2 heterocycles. The first-order chi connectivity index (χ1) is 11.4. The number of hydrogen-bond acceptors (Lipinski definition) is 6. The van der Waals surface area contributed by atoms with Crippen molar-refractivity contribution in [3.8, 4) is 0 Å². The molecule has 0 atom stereocenters. The minimum Gasteiger partial charge on any atom is -0.306 e. The lowest BCUT2D eigenvalue weighted by atomic mass is 10.1. The number of nitrogens with one attached hydrogen (secondary N) is 1. The van der Waals surface area contributed by atoms with Crippen molar-refractivity contribution in [2.75, 3.05) is 11.1 Å². The van der Waals surface area contributed by atoms with Crippen LogP contribution in [0.3, 0.4) is 0 Å². The summed E-state index contributed by atoms with van der Waals surface area (Å²) >= 11 is 2.88. The third-order valence-electron chi connectivity index (χ3n) is 3.51. The van der Waals surface area contributed by atoms with Gasteiger partial charge in [0.05, 0.1) is 16.0 Å². The van der Waals surface area contributed by atoms with Crippen LogP contribution >= 0.6 is 23.1 Å². The largest absolute Gasteiger partial charge is 0.306 e. The number of carbonyl (C=O) groups excluding carboxylic acids is 1. The third-order valence-corrected chi connectivity index (χ3v) is 5.38. The highest BCUT2D eigenvalue weighted by Gasteiger charge is 2.13. The van der Waals surface area contributed by atoms with Gasteiger partial charge in [-0.15, -0.1) is 10.2 Å². The SMILES string of the molecule is Cc1cc(C)c2nc(NC(=O)CSc3nncn3C(C)C)sc2c1. The predicted molar refractivity (Wildman–Crippen MR) is 98.9 cm³/mol. The van der Waals surface area contributed by atoms with Crippen molar-refractivity contribution in [2.24, 2.45) is 0 Å². The number of hydrogen-bond donors (Lipinski definition) is 1. The molecule has 24 heavy (non-hydrogen) atoms. The van der Waals surface area contributed by atoms with Gasteiger partial charge in [-0.3, -0.25) is 4.79 Å². The average molecular weight is 361 g/mol. The summed E-state index contributed by atoms with van der Waals surface area (Å²) in [5, 5.41) is 12.2. The fourth-order valence-corrected chi connectivity index (χ4v) is 4.30. The molecule has 0 fully saturated rings. The lowest BCUT2D eigenvalue weighted by molar-refractivity contribution is -0.113. The summed E-state index contributed by atoms with van der Waals surface area (Å²) in [7, 11) is 0. The van der Waals surface area contributed by atoms with Gasteiger partial charge in [0, 0.05) is 6.04 Å². The topological polar surface area (TPSA) is 72.7 Å². The van der Waals surface area contributed by atoms with Crippen LogP contribution in [0.5, 0.6) is 0 Å². The number of fused-ring (bicyclic) bond motifs is 1. The van der Waals surface area contributed by atoms with Crippen molar-refractivity contribution >= 4 is 44.4 Å². The fourth-order valence-electron chi connectivity index (χ4n) is 2.40. The lowest BCUT2D eigenvalue weighted by Gasteiger charge is -2.08. The summed E-state index contributed by atoms with van der Waals surface area (Å²) in [6.45, 7) is 8.21. The van der Waals surface area contributed by atoms with Gasteiger partial charge >= 0.3 is 0 Å². The molecule has 3 rings (SSSR count). The lowest BCUT2D eigenvalue weighted by Crippen LogP contribution is -2.14. The van der Waals surface area contributed by atoms with Crippen LogP contribution in [-0.4, -0.2) is 31.4 Å². The summed E-state index contributed by atoms with van der Waals surface area (Å²) in [4.78, 5) is 16.7. The Morgan fingerprint density at radius 2 is 2.17 bits per heavy atom. The van der Waals surface area contributed by atoms with E-state index in [0.717, 1.165) is 20.9 Å². The number of anilines is 1. The van der Waals surface area contributed by atoms with Gasteiger partial charge in [0.25, 0.3) is 0 Å². The van der Waals surface area contributed by atoms with Crippen LogP contribution < -0.4 is 5.32 Å². The highest BCUT2D eigenvalue weighted by Crippen LogP contribution is 2.29. The molecule has 0 radical (unpaired) electrons. The third kappa shape index (κ3) is 3.59. The maximum Gasteiger partial charge on any atom is 0.236 e. The summed E-state index contributed by atoms with van der Waals surface area (Å²) in [6, 6.07) is 4.46. The summed E-state index contributed by atoms with van der Waals surface area (Å²) in [6.07, 6.45) is 1.68. The van der Waals surface area contributed by atoms with E-state index in [0.29, 0.717) is 5.13 Å². The molecule has 6 nitrogen and oxygen atoms in total. The van der Waals surface area contributed by atoms with Crippen molar-refractivity contribution in [1.82, 2.24) is 19.7 Å². The van der Waals surface area contributed by atoms with E-state index < -0.39 is 0 Å². The van der Waals surface area contributed by atoms with Crippen LogP contribution in [0.1, 0.15) is 31.0 Å². The predicted octanol–water partition coefficient (Wildman–Crippen LogP) is 3.82. The summed E-state index contributed by atoms with van der Waals surface area (Å²) < 4.78 is 3.04. The van der Waals surface area contributed by atoms with E-state index in [2.05, 4.69) is 53.4 Å². The smallest absolute Gasteiger partial charge is 0.236 e. The van der Waals surface area contributed by atoms with E-state index in [-0.39, 0.29) is 17.7 Å². The molecule has 1 N–H and O–H groups in total. The van der Waals surface area contributed by atoms with Gasteiger partial charge in [-0.2, -0.15) is 0 Å². The average Bonchev–Trinajstić information content (AvgIpc) is 3.11. The fraction of sp³-hybridized carbons (Fsp3) is 0.375. The van der Waals surface area contributed by atoms with E-state index in [4.69, 9.17) is 0 Å². The molecule has 0 bridgehead atoms. The van der Waals surface area contributed by atoms with Crippen molar-refractivity contribution in [2.45, 2.75) is 38.9 Å². The van der Waals surface area contributed by atoms with Gasteiger partial charge in [0.2, 0.25) is 5.91 Å². The van der Waals surface area contributed by atoms with Gasteiger partial charge in [-0.1, -0.05) is 29.2 Å². The van der Waals surface area contributed by atoms with Crippen LogP contribution in [0.2, 0.25) is 0 Å². The Bertz CT molecular complexity index is 884. The maximum atomic E-state index is 12.2. The normalized spacial score (nSPS) is 11.4. The molecule has 0 aliphatic carbocycles. The van der Waals surface area contributed by atoms with Crippen molar-refractivity contribution in [3.63, 3.8) is 0 Å². The second-order valence-electron chi connectivity index (χ2n) is 5.90. The van der Waals surface area contributed by atoms with Crippen molar-refractivity contribution in [1.29, 1.82) is 0 Å². The molecular weight excluding hydrogens is 342 g/mol. The van der Waals surface area contributed by atoms with Crippen molar-refractivity contribution in [3.05, 3.63) is 29.6 Å². The monoisotopic (exact) mass is 361 g/mol. The second kappa shape index (κ2) is 6.90. The number of benzene rings is 1. The Hall–Kier alpha value is -1.93. The summed E-state index contributed by atoms with van der Waals surface area (Å²) in [5.74, 6) is 0.186. The standard InChI is InChI=1S/C16H19N5OS2/c1-9(2)21-8-17-20-16(21)23-7-13(22)18-15-19-14-11(4)5-10(3)6-12(14)24-15/h5-6,8-9H,7H2,1-4H3,(H,18,19,22). The van der Waals surface area contributed by atoms with E-state index >= 15 is 0 Å². The Morgan fingerprint density at radius 3 is 2.92 bits per heavy atom. The van der Waals surface area contributed by atoms with Gasteiger partial charge < -0.3 is 9.88 Å². The van der Waals surface area contributed by atoms with Gasteiger partial charge in [0.1, 0.15) is 6.33 Å². The van der Waals surface area contributed by atoms with Gasteiger partial charge in [-0.25, -0.2) is 4.98 Å². The number of thioether (sulfide) groups is 1. The Labute approximate surface area is 148 Å². The van der Waals surface area contributed by atoms with E-state index in [1.54, 1.807) is 6.33 Å². The molecule has 0 saturated carbocycles. The minimum atomic E-state index is -0.0910. The zero-order valence-electron chi connectivity index (χ0n) is 14.0. The van der Waals surface area contributed by atoms with Gasteiger partial charge in [0.15, 0.2) is 10.3 Å².